The first-order valence-electron chi connectivity index (χ1n) is 4.77. The summed E-state index contributed by atoms with van der Waals surface area (Å²) in [5, 5.41) is 5.45. The highest BCUT2D eigenvalue weighted by molar-refractivity contribution is 5.85. The van der Waals surface area contributed by atoms with Gasteiger partial charge in [0.15, 0.2) is 0 Å². The molecule has 0 atom stereocenters. The summed E-state index contributed by atoms with van der Waals surface area (Å²) in [5.41, 5.74) is 0. The van der Waals surface area contributed by atoms with Crippen molar-refractivity contribution in [3.05, 3.63) is 0 Å². The van der Waals surface area contributed by atoms with Crippen LogP contribution in [0.1, 0.15) is 13.3 Å². The average Bonchev–Trinajstić information content (AvgIpc) is 2.17. The van der Waals surface area contributed by atoms with Crippen molar-refractivity contribution < 1.29 is 9.59 Å². The fraction of sp³-hybridized carbons (Fsp3) is 0.778. The van der Waals surface area contributed by atoms with Crippen LogP contribution in [-0.4, -0.2) is 50.4 Å². The van der Waals surface area contributed by atoms with Crippen LogP contribution >= 0.6 is 0 Å². The molecule has 2 amide bonds. The molecule has 0 heterocycles. The molecule has 0 aromatic heterocycles. The van der Waals surface area contributed by atoms with Crippen molar-refractivity contribution in [1.29, 1.82) is 0 Å². The Kier molecular flexibility index (Phi) is 6.74. The molecule has 0 bridgehead atoms. The van der Waals surface area contributed by atoms with E-state index in [1.807, 2.05) is 6.92 Å². The lowest BCUT2D eigenvalue weighted by atomic mass is 10.4. The third-order valence-corrected chi connectivity index (χ3v) is 1.79. The smallest absolute Gasteiger partial charge is 0.239 e. The number of hydrogen-bond acceptors (Lipinski definition) is 3. The third-order valence-electron chi connectivity index (χ3n) is 1.79. The average molecular weight is 201 g/mol. The Balaban J connectivity index is 3.70. The minimum absolute atomic E-state index is 0.0675. The number of carbonyl (C=O) groups excluding carboxylic acids is 2. The minimum Gasteiger partial charge on any atom is -0.358 e. The summed E-state index contributed by atoms with van der Waals surface area (Å²) < 4.78 is 0. The zero-order valence-electron chi connectivity index (χ0n) is 9.09. The van der Waals surface area contributed by atoms with Crippen LogP contribution in [0.4, 0.5) is 0 Å². The molecule has 82 valence electrons. The molecule has 0 aromatic rings. The van der Waals surface area contributed by atoms with Crippen molar-refractivity contribution in [1.82, 2.24) is 15.5 Å². The number of nitrogens with one attached hydrogen (secondary N) is 2. The largest absolute Gasteiger partial charge is 0.358 e. The van der Waals surface area contributed by atoms with Gasteiger partial charge < -0.3 is 15.5 Å². The van der Waals surface area contributed by atoms with Gasteiger partial charge in [0.2, 0.25) is 11.8 Å². The minimum atomic E-state index is -0.156. The fourth-order valence-corrected chi connectivity index (χ4v) is 0.890. The van der Waals surface area contributed by atoms with Crippen LogP contribution in [0.2, 0.25) is 0 Å². The van der Waals surface area contributed by atoms with Crippen LogP contribution in [0.25, 0.3) is 0 Å². The monoisotopic (exact) mass is 201 g/mol. The number of nitrogens with zero attached hydrogens (tertiary/aromatic N) is 1. The van der Waals surface area contributed by atoms with Gasteiger partial charge in [-0.25, -0.2) is 0 Å². The zero-order valence-corrected chi connectivity index (χ0v) is 9.09. The van der Waals surface area contributed by atoms with E-state index in [0.717, 1.165) is 13.0 Å². The van der Waals surface area contributed by atoms with Crippen LogP contribution in [0.5, 0.6) is 0 Å². The van der Waals surface area contributed by atoms with E-state index in [2.05, 4.69) is 10.6 Å². The molecule has 0 rings (SSSR count). The number of hydrogen-bond donors (Lipinski definition) is 2. The van der Waals surface area contributed by atoms with Crippen molar-refractivity contribution in [2.45, 2.75) is 13.3 Å². The van der Waals surface area contributed by atoms with E-state index < -0.39 is 0 Å². The summed E-state index contributed by atoms with van der Waals surface area (Å²) in [6, 6.07) is 0. The Labute approximate surface area is 84.8 Å². The first-order chi connectivity index (χ1) is 6.61. The fourth-order valence-electron chi connectivity index (χ4n) is 0.890. The molecule has 0 aromatic carbocycles. The molecular formula is C9H19N3O2. The van der Waals surface area contributed by atoms with Crippen LogP contribution in [0, 0.1) is 0 Å². The third kappa shape index (κ3) is 5.53. The van der Waals surface area contributed by atoms with Gasteiger partial charge in [0.1, 0.15) is 0 Å². The Morgan fingerprint density at radius 2 is 2.00 bits per heavy atom. The van der Waals surface area contributed by atoms with E-state index in [4.69, 9.17) is 0 Å². The maximum absolute atomic E-state index is 11.4. The maximum atomic E-state index is 11.4. The van der Waals surface area contributed by atoms with Gasteiger partial charge >= 0.3 is 0 Å². The molecule has 2 N–H and O–H groups in total. The first kappa shape index (κ1) is 12.9. The summed E-state index contributed by atoms with van der Waals surface area (Å²) in [6.07, 6.45) is 0.993. The highest BCUT2D eigenvalue weighted by atomic mass is 16.2. The van der Waals surface area contributed by atoms with Crippen LogP contribution in [-0.2, 0) is 9.59 Å². The van der Waals surface area contributed by atoms with Crippen molar-refractivity contribution in [3.8, 4) is 0 Å². The number of likely N-dealkylation sites (N-methyl/N-ethyl adjacent to an activating group) is 2. The predicted molar refractivity (Wildman–Crippen MR) is 54.9 cm³/mol. The van der Waals surface area contributed by atoms with Gasteiger partial charge in [0.05, 0.1) is 13.1 Å². The van der Waals surface area contributed by atoms with E-state index in [0.29, 0.717) is 6.54 Å². The van der Waals surface area contributed by atoms with Crippen molar-refractivity contribution in [2.75, 3.05) is 33.7 Å². The lowest BCUT2D eigenvalue weighted by molar-refractivity contribution is -0.133. The standard InChI is InChI=1S/C9H19N3O2/c1-4-5-11-6-9(14)12(3)7-8(13)10-2/h11H,4-7H2,1-3H3,(H,10,13). The van der Waals surface area contributed by atoms with E-state index in [1.54, 1.807) is 14.1 Å². The van der Waals surface area contributed by atoms with E-state index in [-0.39, 0.29) is 18.4 Å². The van der Waals surface area contributed by atoms with Crippen molar-refractivity contribution in [3.63, 3.8) is 0 Å². The van der Waals surface area contributed by atoms with Gasteiger partial charge in [-0.3, -0.25) is 9.59 Å². The van der Waals surface area contributed by atoms with E-state index in [9.17, 15) is 9.59 Å². The SMILES string of the molecule is CCCNCC(=O)N(C)CC(=O)NC. The molecule has 0 saturated carbocycles. The van der Waals surface area contributed by atoms with Gasteiger partial charge in [-0.1, -0.05) is 6.92 Å². The second-order valence-corrected chi connectivity index (χ2v) is 3.10. The molecule has 0 fully saturated rings. The highest BCUT2D eigenvalue weighted by Gasteiger charge is 2.10. The molecule has 5 heteroatoms. The molecule has 0 unspecified atom stereocenters. The molecule has 0 aliphatic rings. The normalized spacial score (nSPS) is 9.64. The van der Waals surface area contributed by atoms with Crippen LogP contribution in [0.3, 0.4) is 0 Å². The highest BCUT2D eigenvalue weighted by Crippen LogP contribution is 1.83. The second kappa shape index (κ2) is 7.32. The summed E-state index contributed by atoms with van der Waals surface area (Å²) >= 11 is 0. The lowest BCUT2D eigenvalue weighted by Gasteiger charge is -2.16. The molecular weight excluding hydrogens is 182 g/mol. The molecule has 0 aliphatic heterocycles. The van der Waals surface area contributed by atoms with E-state index in [1.165, 1.54) is 4.90 Å². The number of carbonyl (C=O) groups is 2. The van der Waals surface area contributed by atoms with Crippen molar-refractivity contribution >= 4 is 11.8 Å². The Hall–Kier alpha value is -1.10. The predicted octanol–water partition coefficient (Wildman–Crippen LogP) is -0.810. The quantitative estimate of drug-likeness (QED) is 0.553. The molecule has 0 aliphatic carbocycles. The summed E-state index contributed by atoms with van der Waals surface area (Å²) in [4.78, 5) is 23.7. The molecule has 0 spiro atoms. The van der Waals surface area contributed by atoms with Gasteiger partial charge in [-0.2, -0.15) is 0 Å². The number of rotatable bonds is 6. The Morgan fingerprint density at radius 3 is 2.50 bits per heavy atom. The number of amides is 2. The molecule has 0 saturated heterocycles. The van der Waals surface area contributed by atoms with Gasteiger partial charge in [-0.15, -0.1) is 0 Å². The maximum Gasteiger partial charge on any atom is 0.239 e. The van der Waals surface area contributed by atoms with Crippen LogP contribution < -0.4 is 10.6 Å². The van der Waals surface area contributed by atoms with Gasteiger partial charge in [0.25, 0.3) is 0 Å². The molecule has 14 heavy (non-hydrogen) atoms. The van der Waals surface area contributed by atoms with Gasteiger partial charge in [0, 0.05) is 14.1 Å². The van der Waals surface area contributed by atoms with Crippen LogP contribution in [0.15, 0.2) is 0 Å². The summed E-state index contributed by atoms with van der Waals surface area (Å²) in [7, 11) is 3.17. The summed E-state index contributed by atoms with van der Waals surface area (Å²) in [6.45, 7) is 3.26. The zero-order chi connectivity index (χ0) is 11.0. The van der Waals surface area contributed by atoms with E-state index >= 15 is 0 Å². The lowest BCUT2D eigenvalue weighted by Crippen LogP contribution is -2.41. The topological polar surface area (TPSA) is 61.4 Å². The first-order valence-corrected chi connectivity index (χ1v) is 4.77. The molecule has 0 radical (unpaired) electrons. The molecule has 5 nitrogen and oxygen atoms in total. The second-order valence-electron chi connectivity index (χ2n) is 3.10. The summed E-state index contributed by atoms with van der Waals surface area (Å²) in [5.74, 6) is -0.224. The van der Waals surface area contributed by atoms with Gasteiger partial charge in [-0.05, 0) is 13.0 Å². The van der Waals surface area contributed by atoms with Crippen molar-refractivity contribution in [2.24, 2.45) is 0 Å². The Bertz CT molecular complexity index is 194. The Morgan fingerprint density at radius 1 is 1.36 bits per heavy atom.